The van der Waals surface area contributed by atoms with E-state index in [0.717, 1.165) is 33.2 Å². The van der Waals surface area contributed by atoms with Gasteiger partial charge in [0, 0.05) is 24.6 Å². The summed E-state index contributed by atoms with van der Waals surface area (Å²) < 4.78 is 0. The molecular formula is C26H20N2S. The van der Waals surface area contributed by atoms with Crippen molar-refractivity contribution in [2.45, 2.75) is 6.42 Å². The smallest absolute Gasteiger partial charge is 0.0866 e. The zero-order valence-electron chi connectivity index (χ0n) is 16.2. The number of benzene rings is 3. The van der Waals surface area contributed by atoms with Crippen molar-refractivity contribution in [3.05, 3.63) is 96.6 Å². The first-order valence-corrected chi connectivity index (χ1v) is 10.1. The highest BCUT2D eigenvalue weighted by atomic mass is 32.1. The van der Waals surface area contributed by atoms with E-state index in [4.69, 9.17) is 17.2 Å². The molecule has 1 aliphatic rings. The first-order valence-electron chi connectivity index (χ1n) is 9.73. The zero-order valence-corrected chi connectivity index (χ0v) is 17.0. The number of hydrogen-bond acceptors (Lipinski definition) is 2. The highest BCUT2D eigenvalue weighted by molar-refractivity contribution is 7.80. The Kier molecular flexibility index (Phi) is 4.45. The second-order valence-corrected chi connectivity index (χ2v) is 7.73. The Morgan fingerprint density at radius 1 is 0.759 bits per heavy atom. The molecule has 0 saturated heterocycles. The second-order valence-electron chi connectivity index (χ2n) is 7.26. The molecule has 5 rings (SSSR count). The van der Waals surface area contributed by atoms with Gasteiger partial charge in [-0.3, -0.25) is 0 Å². The molecule has 1 aromatic heterocycles. The van der Waals surface area contributed by atoms with Crippen LogP contribution in [0.1, 0.15) is 5.56 Å². The lowest BCUT2D eigenvalue weighted by Gasteiger charge is -2.19. The van der Waals surface area contributed by atoms with Crippen molar-refractivity contribution in [3.8, 4) is 33.6 Å². The predicted molar refractivity (Wildman–Crippen MR) is 125 cm³/mol. The van der Waals surface area contributed by atoms with Crippen LogP contribution < -0.4 is 4.90 Å². The fourth-order valence-corrected chi connectivity index (χ4v) is 4.22. The maximum Gasteiger partial charge on any atom is 0.0866 e. The van der Waals surface area contributed by atoms with Gasteiger partial charge in [0.15, 0.2) is 0 Å². The summed E-state index contributed by atoms with van der Waals surface area (Å²) in [6.45, 7) is 0. The predicted octanol–water partition coefficient (Wildman–Crippen LogP) is 6.40. The van der Waals surface area contributed by atoms with Crippen LogP contribution in [0.3, 0.4) is 0 Å². The van der Waals surface area contributed by atoms with E-state index in [1.807, 2.05) is 13.1 Å². The summed E-state index contributed by atoms with van der Waals surface area (Å²) in [6.07, 6.45) is 0.697. The minimum atomic E-state index is 0.697. The molecule has 140 valence electrons. The van der Waals surface area contributed by atoms with Gasteiger partial charge in [0.25, 0.3) is 0 Å². The number of aromatic nitrogens is 1. The minimum Gasteiger partial charge on any atom is -0.338 e. The summed E-state index contributed by atoms with van der Waals surface area (Å²) in [5.41, 5.74) is 8.92. The Bertz CT molecular complexity index is 1200. The highest BCUT2D eigenvalue weighted by Crippen LogP contribution is 2.41. The lowest BCUT2D eigenvalue weighted by Crippen LogP contribution is -2.25. The molecule has 3 aromatic carbocycles. The van der Waals surface area contributed by atoms with Crippen molar-refractivity contribution < 1.29 is 0 Å². The van der Waals surface area contributed by atoms with Crippen LogP contribution in [0.4, 0.5) is 5.69 Å². The third-order valence-corrected chi connectivity index (χ3v) is 5.92. The van der Waals surface area contributed by atoms with Crippen molar-refractivity contribution in [1.29, 1.82) is 0 Å². The molecule has 0 radical (unpaired) electrons. The summed E-state index contributed by atoms with van der Waals surface area (Å²) >= 11 is 5.80. The first-order chi connectivity index (χ1) is 14.2. The first kappa shape index (κ1) is 17.8. The lowest BCUT2D eigenvalue weighted by atomic mass is 9.92. The molecule has 0 aliphatic carbocycles. The van der Waals surface area contributed by atoms with E-state index in [9.17, 15) is 0 Å². The van der Waals surface area contributed by atoms with E-state index in [1.165, 1.54) is 16.7 Å². The summed E-state index contributed by atoms with van der Waals surface area (Å²) in [5.74, 6) is 0. The van der Waals surface area contributed by atoms with Gasteiger partial charge < -0.3 is 4.90 Å². The molecule has 0 saturated carbocycles. The van der Waals surface area contributed by atoms with Crippen LogP contribution in [0.25, 0.3) is 33.6 Å². The fraction of sp³-hybridized carbons (Fsp3) is 0.0769. The molecular weight excluding hydrogens is 372 g/mol. The molecule has 1 aliphatic heterocycles. The van der Waals surface area contributed by atoms with Crippen molar-refractivity contribution in [2.24, 2.45) is 0 Å². The number of para-hydroxylation sites is 1. The number of fused-ring (bicyclic) bond motifs is 3. The standard InChI is InChI=1S/C26H20N2S/c1-28-24-15-9-8-14-20(24)26-22(17-25(28)29)21(18-10-4-2-5-11-18)16-23(27-26)19-12-6-3-7-13-19/h2-16H,17H2,1H3. The van der Waals surface area contributed by atoms with E-state index in [2.05, 4.69) is 89.8 Å². The Labute approximate surface area is 176 Å². The molecule has 2 nitrogen and oxygen atoms in total. The van der Waals surface area contributed by atoms with E-state index in [0.29, 0.717) is 6.42 Å². The monoisotopic (exact) mass is 392 g/mol. The Morgan fingerprint density at radius 2 is 1.38 bits per heavy atom. The summed E-state index contributed by atoms with van der Waals surface area (Å²) in [5, 5.41) is 0. The van der Waals surface area contributed by atoms with Gasteiger partial charge in [-0.1, -0.05) is 91.1 Å². The van der Waals surface area contributed by atoms with E-state index >= 15 is 0 Å². The average Bonchev–Trinajstić information content (AvgIpc) is 2.89. The Balaban J connectivity index is 1.86. The maximum atomic E-state index is 5.80. The molecule has 0 atom stereocenters. The van der Waals surface area contributed by atoms with Gasteiger partial charge in [-0.25, -0.2) is 4.98 Å². The minimum absolute atomic E-state index is 0.697. The number of nitrogens with zero attached hydrogens (tertiary/aromatic N) is 2. The highest BCUT2D eigenvalue weighted by Gasteiger charge is 2.25. The van der Waals surface area contributed by atoms with Crippen LogP contribution in [0, 0.1) is 0 Å². The molecule has 0 bridgehead atoms. The molecule has 0 N–H and O–H groups in total. The normalized spacial score (nSPS) is 12.9. The number of rotatable bonds is 2. The van der Waals surface area contributed by atoms with Crippen molar-refractivity contribution in [2.75, 3.05) is 11.9 Å². The summed E-state index contributed by atoms with van der Waals surface area (Å²) in [6, 6.07) is 31.5. The largest absolute Gasteiger partial charge is 0.338 e. The van der Waals surface area contributed by atoms with E-state index in [1.54, 1.807) is 0 Å². The molecule has 0 fully saturated rings. The van der Waals surface area contributed by atoms with Crippen LogP contribution in [-0.2, 0) is 6.42 Å². The van der Waals surface area contributed by atoms with Gasteiger partial charge in [0.05, 0.1) is 22.1 Å². The number of hydrogen-bond donors (Lipinski definition) is 0. The molecule has 29 heavy (non-hydrogen) atoms. The topological polar surface area (TPSA) is 16.1 Å². The van der Waals surface area contributed by atoms with Gasteiger partial charge in [0.1, 0.15) is 0 Å². The van der Waals surface area contributed by atoms with Crippen LogP contribution in [-0.4, -0.2) is 17.0 Å². The maximum absolute atomic E-state index is 5.80. The molecule has 0 spiro atoms. The molecule has 4 aromatic rings. The second kappa shape index (κ2) is 7.26. The van der Waals surface area contributed by atoms with Crippen LogP contribution in [0.5, 0.6) is 0 Å². The van der Waals surface area contributed by atoms with Gasteiger partial charge >= 0.3 is 0 Å². The molecule has 3 heteroatoms. The van der Waals surface area contributed by atoms with Crippen LogP contribution >= 0.6 is 12.2 Å². The average molecular weight is 393 g/mol. The number of pyridine rings is 1. The van der Waals surface area contributed by atoms with Crippen molar-refractivity contribution >= 4 is 22.9 Å². The van der Waals surface area contributed by atoms with Gasteiger partial charge in [-0.05, 0) is 28.8 Å². The third-order valence-electron chi connectivity index (χ3n) is 5.50. The van der Waals surface area contributed by atoms with Crippen LogP contribution in [0.2, 0.25) is 0 Å². The number of thiocarbonyl (C=S) groups is 1. The van der Waals surface area contributed by atoms with E-state index < -0.39 is 0 Å². The van der Waals surface area contributed by atoms with Gasteiger partial charge in [-0.15, -0.1) is 0 Å². The summed E-state index contributed by atoms with van der Waals surface area (Å²) in [7, 11) is 2.05. The molecule has 0 unspecified atom stereocenters. The SMILES string of the molecule is CN1C(=S)Cc2c(-c3ccccc3)cc(-c3ccccc3)nc2-c2ccccc21. The fourth-order valence-electron chi connectivity index (χ4n) is 3.98. The third kappa shape index (κ3) is 3.14. The number of likely N-dealkylation sites (N-methyl/N-ethyl adjacent to an activating group) is 1. The lowest BCUT2D eigenvalue weighted by molar-refractivity contribution is 1.22. The molecule has 2 heterocycles. The van der Waals surface area contributed by atoms with Crippen molar-refractivity contribution in [3.63, 3.8) is 0 Å². The Morgan fingerprint density at radius 3 is 2.10 bits per heavy atom. The Hall–Kier alpha value is -3.30. The molecule has 0 amide bonds. The van der Waals surface area contributed by atoms with E-state index in [-0.39, 0.29) is 0 Å². The van der Waals surface area contributed by atoms with Crippen molar-refractivity contribution in [1.82, 2.24) is 4.98 Å². The van der Waals surface area contributed by atoms with Crippen LogP contribution in [0.15, 0.2) is 91.0 Å². The van der Waals surface area contributed by atoms with Gasteiger partial charge in [-0.2, -0.15) is 0 Å². The quantitative estimate of drug-likeness (QED) is 0.367. The van der Waals surface area contributed by atoms with Gasteiger partial charge in [0.2, 0.25) is 0 Å². The number of anilines is 1. The summed E-state index contributed by atoms with van der Waals surface area (Å²) in [4.78, 5) is 8.17. The zero-order chi connectivity index (χ0) is 19.8.